The van der Waals surface area contributed by atoms with E-state index >= 15 is 0 Å². The van der Waals surface area contributed by atoms with Crippen LogP contribution >= 0.6 is 0 Å². The topological polar surface area (TPSA) is 312 Å². The zero-order valence-corrected chi connectivity index (χ0v) is 34.5. The van der Waals surface area contributed by atoms with Crippen molar-refractivity contribution in [2.24, 2.45) is 5.92 Å². The Labute approximate surface area is 348 Å². The predicted molar refractivity (Wildman–Crippen MR) is 212 cm³/mol. The summed E-state index contributed by atoms with van der Waals surface area (Å²) in [6, 6.07) is -2.01. The summed E-state index contributed by atoms with van der Waals surface area (Å²) in [5.41, 5.74) is -1.68. The van der Waals surface area contributed by atoms with Gasteiger partial charge in [-0.3, -0.25) is 23.9 Å². The van der Waals surface area contributed by atoms with E-state index in [1.54, 1.807) is 6.08 Å². The Balaban J connectivity index is 1.42. The molecule has 1 aromatic heterocycles. The maximum absolute atomic E-state index is 13.2. The summed E-state index contributed by atoms with van der Waals surface area (Å²) in [5, 5.41) is 91.5. The molecule has 15 atom stereocenters. The third-order valence-electron chi connectivity index (χ3n) is 11.2. The molecular weight excluding hydrogens is 792 g/mol. The van der Waals surface area contributed by atoms with Gasteiger partial charge in [-0.15, -0.1) is 0 Å². The number of nitrogens with zero attached hydrogens (tertiary/aromatic N) is 1. The highest BCUT2D eigenvalue weighted by molar-refractivity contribution is 5.87. The molecule has 0 aliphatic carbocycles. The Morgan fingerprint density at radius 1 is 0.800 bits per heavy atom. The lowest BCUT2D eigenvalue weighted by Gasteiger charge is -2.47. The molecule has 1 aromatic rings. The summed E-state index contributed by atoms with van der Waals surface area (Å²) < 4.78 is 24.1. The Bertz CT molecular complexity index is 1630. The lowest BCUT2D eigenvalue weighted by molar-refractivity contribution is -0.346. The van der Waals surface area contributed by atoms with E-state index in [0.717, 1.165) is 55.4 Å². The van der Waals surface area contributed by atoms with E-state index in [-0.39, 0.29) is 0 Å². The van der Waals surface area contributed by atoms with Crippen molar-refractivity contribution in [1.82, 2.24) is 20.2 Å². The minimum absolute atomic E-state index is 0.597. The molecule has 4 rings (SSSR count). The minimum Gasteiger partial charge on any atom is -0.394 e. The van der Waals surface area contributed by atoms with Crippen LogP contribution in [0.5, 0.6) is 0 Å². The van der Waals surface area contributed by atoms with Crippen molar-refractivity contribution in [2.75, 3.05) is 6.61 Å². The number of rotatable bonds is 22. The summed E-state index contributed by atoms with van der Waals surface area (Å²) in [7, 11) is 0. The number of hydrogen-bond donors (Lipinski definition) is 11. The molecule has 342 valence electrons. The Hall–Kier alpha value is -3.12. The van der Waals surface area contributed by atoms with Crippen molar-refractivity contribution in [3.05, 3.63) is 45.3 Å². The number of aliphatic hydroxyl groups is 8. The van der Waals surface area contributed by atoms with E-state index < -0.39 is 128 Å². The van der Waals surface area contributed by atoms with Crippen LogP contribution < -0.4 is 21.9 Å². The molecule has 20 heteroatoms. The third-order valence-corrected chi connectivity index (χ3v) is 11.2. The molecule has 3 fully saturated rings. The summed E-state index contributed by atoms with van der Waals surface area (Å²) >= 11 is 0. The van der Waals surface area contributed by atoms with Crippen LogP contribution in [0.15, 0.2) is 34.0 Å². The fourth-order valence-electron chi connectivity index (χ4n) is 7.80. The fourth-order valence-corrected chi connectivity index (χ4v) is 7.80. The number of ether oxygens (including phenoxy) is 4. The molecule has 3 aliphatic heterocycles. The summed E-state index contributed by atoms with van der Waals surface area (Å²) in [6.07, 6.45) is -6.31. The van der Waals surface area contributed by atoms with Crippen LogP contribution in [0.1, 0.15) is 104 Å². The van der Waals surface area contributed by atoms with Crippen molar-refractivity contribution in [3.8, 4) is 0 Å². The highest BCUT2D eigenvalue weighted by Crippen LogP contribution is 2.34. The smallest absolute Gasteiger partial charge is 0.330 e. The number of allylic oxidation sites excluding steroid dienone is 1. The minimum atomic E-state index is -1.85. The van der Waals surface area contributed by atoms with Crippen LogP contribution in [0.3, 0.4) is 0 Å². The van der Waals surface area contributed by atoms with E-state index in [4.69, 9.17) is 18.9 Å². The number of carbonyl (C=O) groups is 2. The van der Waals surface area contributed by atoms with Crippen molar-refractivity contribution < 1.29 is 69.4 Å². The molecule has 11 N–H and O–H groups in total. The SMILES string of the molecule is CC(=O)NC1C(OC2OC(C[C@@H](O)C3OC(n4ccc(=O)[nH]c4=O)C(O)C3O)C(O)C(O)C2NC(=O)/C=C/CCCCCCCCCCCC(C)C)OC(CO)C(O)C1O. The number of H-pyrrole nitrogens is 1. The maximum atomic E-state index is 13.2. The van der Waals surface area contributed by atoms with Gasteiger partial charge in [0.15, 0.2) is 18.8 Å². The van der Waals surface area contributed by atoms with E-state index in [0.29, 0.717) is 6.42 Å². The van der Waals surface area contributed by atoms with E-state index in [2.05, 4.69) is 24.5 Å². The molecule has 0 aromatic carbocycles. The second-order valence-corrected chi connectivity index (χ2v) is 16.5. The highest BCUT2D eigenvalue weighted by Gasteiger charge is 2.53. The molecule has 4 heterocycles. The van der Waals surface area contributed by atoms with Gasteiger partial charge < -0.3 is 70.4 Å². The number of carbonyl (C=O) groups excluding carboxylic acids is 2. The quantitative estimate of drug-likeness (QED) is 0.0458. The largest absolute Gasteiger partial charge is 0.394 e. The van der Waals surface area contributed by atoms with Gasteiger partial charge in [0, 0.05) is 25.6 Å². The summed E-state index contributed by atoms with van der Waals surface area (Å²) in [6.45, 7) is 4.83. The predicted octanol–water partition coefficient (Wildman–Crippen LogP) is -1.70. The van der Waals surface area contributed by atoms with Gasteiger partial charge in [0.1, 0.15) is 60.9 Å². The van der Waals surface area contributed by atoms with E-state index in [1.165, 1.54) is 44.6 Å². The first-order valence-corrected chi connectivity index (χ1v) is 21.1. The number of amides is 2. The van der Waals surface area contributed by atoms with Crippen LogP contribution in [0.2, 0.25) is 0 Å². The Morgan fingerprint density at radius 3 is 1.95 bits per heavy atom. The fraction of sp³-hybridized carbons (Fsp3) is 0.800. The van der Waals surface area contributed by atoms with Gasteiger partial charge in [0.05, 0.1) is 18.8 Å². The lowest BCUT2D eigenvalue weighted by Crippen LogP contribution is -2.68. The molecule has 20 nitrogen and oxygen atoms in total. The first kappa shape index (κ1) is 49.5. The number of aliphatic hydroxyl groups excluding tert-OH is 8. The third kappa shape index (κ3) is 13.7. The van der Waals surface area contributed by atoms with Gasteiger partial charge >= 0.3 is 5.69 Å². The molecule has 0 saturated carbocycles. The monoisotopic (exact) mass is 858 g/mol. The van der Waals surface area contributed by atoms with Crippen LogP contribution in [-0.2, 0) is 28.5 Å². The van der Waals surface area contributed by atoms with Crippen molar-refractivity contribution >= 4 is 11.8 Å². The molecule has 0 radical (unpaired) electrons. The van der Waals surface area contributed by atoms with Crippen molar-refractivity contribution in [1.29, 1.82) is 0 Å². The molecule has 3 aliphatic rings. The second-order valence-electron chi connectivity index (χ2n) is 16.5. The van der Waals surface area contributed by atoms with Crippen LogP contribution in [0, 0.1) is 5.92 Å². The number of nitrogens with one attached hydrogen (secondary N) is 3. The molecule has 60 heavy (non-hydrogen) atoms. The standard InChI is InChI=1S/C40H66N4O16/c1-21(2)15-13-11-9-7-5-4-6-8-10-12-14-16-26(48)42-29-33(53)30(50)24(57-39(29)60-38-28(41-22(3)46)32(52)31(51)25(20-45)58-38)19-23(47)36-34(54)35(55)37(59-36)44-18-17-27(49)43-40(44)56/h14,16-18,21,23-25,28-39,45,47,50-55H,4-13,15,19-20H2,1-3H3,(H,41,46)(H,42,48)(H,43,49,56)/b16-14+/t23-,24?,25?,28?,29?,30?,31?,32?,33?,34?,35?,36?,37?,38?,39?/m1/s1. The number of aromatic nitrogens is 2. The average molecular weight is 859 g/mol. The normalized spacial score (nSPS) is 33.9. The van der Waals surface area contributed by atoms with Gasteiger partial charge in [-0.2, -0.15) is 0 Å². The summed E-state index contributed by atoms with van der Waals surface area (Å²) in [5.74, 6) is -0.604. The van der Waals surface area contributed by atoms with Gasteiger partial charge in [-0.05, 0) is 24.8 Å². The average Bonchev–Trinajstić information content (AvgIpc) is 3.49. The molecule has 0 spiro atoms. The highest BCUT2D eigenvalue weighted by atomic mass is 16.8. The maximum Gasteiger partial charge on any atom is 0.330 e. The summed E-state index contributed by atoms with van der Waals surface area (Å²) in [4.78, 5) is 51.2. The zero-order valence-electron chi connectivity index (χ0n) is 34.5. The molecular formula is C40H66N4O16. The first-order chi connectivity index (χ1) is 28.5. The van der Waals surface area contributed by atoms with Crippen molar-refractivity contribution in [3.63, 3.8) is 0 Å². The second kappa shape index (κ2) is 23.9. The molecule has 0 bridgehead atoms. The molecule has 14 unspecified atom stereocenters. The van der Waals surface area contributed by atoms with Crippen LogP contribution in [-0.4, -0.2) is 155 Å². The number of hydrogen-bond acceptors (Lipinski definition) is 16. The Kier molecular flexibility index (Phi) is 19.7. The van der Waals surface area contributed by atoms with Crippen molar-refractivity contribution in [2.45, 2.75) is 190 Å². The van der Waals surface area contributed by atoms with E-state index in [1.807, 2.05) is 4.98 Å². The van der Waals surface area contributed by atoms with Gasteiger partial charge in [-0.1, -0.05) is 77.7 Å². The molecule has 2 amide bonds. The Morgan fingerprint density at radius 2 is 1.37 bits per heavy atom. The van der Waals surface area contributed by atoms with Gasteiger partial charge in [0.2, 0.25) is 11.8 Å². The van der Waals surface area contributed by atoms with Gasteiger partial charge in [-0.25, -0.2) is 4.79 Å². The van der Waals surface area contributed by atoms with E-state index in [9.17, 15) is 60.0 Å². The zero-order chi connectivity index (χ0) is 44.1. The first-order valence-electron chi connectivity index (χ1n) is 21.1. The van der Waals surface area contributed by atoms with Crippen LogP contribution in [0.25, 0.3) is 0 Å². The lowest BCUT2D eigenvalue weighted by atomic mass is 9.91. The van der Waals surface area contributed by atoms with Gasteiger partial charge in [0.25, 0.3) is 5.56 Å². The molecule has 3 saturated heterocycles. The van der Waals surface area contributed by atoms with Crippen LogP contribution in [0.4, 0.5) is 0 Å². The number of aromatic amines is 1. The number of unbranched alkanes of at least 4 members (excludes halogenated alkanes) is 9.